The van der Waals surface area contributed by atoms with Crippen LogP contribution in [-0.4, -0.2) is 21.1 Å². The summed E-state index contributed by atoms with van der Waals surface area (Å²) in [6, 6.07) is 1.56. The van der Waals surface area contributed by atoms with E-state index in [2.05, 4.69) is 36.2 Å². The van der Waals surface area contributed by atoms with E-state index in [4.69, 9.17) is 0 Å². The number of aromatic nitrogens is 3. The highest BCUT2D eigenvalue weighted by Crippen LogP contribution is 2.22. The van der Waals surface area contributed by atoms with Gasteiger partial charge in [0.05, 0.1) is 0 Å². The molecule has 0 saturated carbocycles. The molecule has 0 atom stereocenters. The minimum Gasteiger partial charge on any atom is -0.360 e. The van der Waals surface area contributed by atoms with Gasteiger partial charge in [-0.3, -0.25) is 4.79 Å². The van der Waals surface area contributed by atoms with Crippen LogP contribution in [0.3, 0.4) is 0 Å². The molecule has 0 aliphatic rings. The van der Waals surface area contributed by atoms with Crippen molar-refractivity contribution in [2.45, 2.75) is 53.4 Å². The Labute approximate surface area is 129 Å². The number of anilines is 1. The second-order valence-corrected chi connectivity index (χ2v) is 7.44. The number of nitrogens with zero attached hydrogens (tertiary/aromatic N) is 3. The van der Waals surface area contributed by atoms with Gasteiger partial charge < -0.3 is 5.32 Å². The topological polar surface area (TPSA) is 59.3 Å². The van der Waals surface area contributed by atoms with Gasteiger partial charge in [0.1, 0.15) is 0 Å². The summed E-state index contributed by atoms with van der Waals surface area (Å²) in [4.78, 5) is 17.0. The Morgan fingerprint density at radius 2 is 2.10 bits per heavy atom. The molecule has 0 saturated heterocycles. The lowest BCUT2D eigenvalue weighted by Gasteiger charge is -2.17. The fourth-order valence-electron chi connectivity index (χ4n) is 2.08. The fourth-order valence-corrected chi connectivity index (χ4v) is 2.93. The molecule has 5 nitrogen and oxygen atoms in total. The first-order valence-corrected chi connectivity index (χ1v) is 8.34. The maximum Gasteiger partial charge on any atom is 0.275 e. The number of hydrogen-bond acceptors (Lipinski definition) is 5. The normalized spacial score (nSPS) is 12.0. The average molecular weight is 308 g/mol. The number of hydrogen-bond donors (Lipinski definition) is 1. The summed E-state index contributed by atoms with van der Waals surface area (Å²) in [5.41, 5.74) is 1.11. The molecule has 2 heterocycles. The van der Waals surface area contributed by atoms with E-state index in [9.17, 15) is 4.79 Å². The molecule has 0 radical (unpaired) electrons. The monoisotopic (exact) mass is 308 g/mol. The van der Waals surface area contributed by atoms with Crippen molar-refractivity contribution in [2.24, 2.45) is 5.41 Å². The van der Waals surface area contributed by atoms with Crippen molar-refractivity contribution in [2.75, 3.05) is 11.9 Å². The van der Waals surface area contributed by atoms with Crippen LogP contribution in [0.2, 0.25) is 0 Å². The third-order valence-corrected chi connectivity index (χ3v) is 4.16. The van der Waals surface area contributed by atoms with Gasteiger partial charge in [0, 0.05) is 18.3 Å². The lowest BCUT2D eigenvalue weighted by Crippen LogP contribution is -2.15. The van der Waals surface area contributed by atoms with Gasteiger partial charge in [-0.05, 0) is 24.7 Å². The number of unbranched alkanes of at least 4 members (excludes halogenated alkanes) is 1. The smallest absolute Gasteiger partial charge is 0.275 e. The summed E-state index contributed by atoms with van der Waals surface area (Å²) in [5, 5.41) is 8.34. The van der Waals surface area contributed by atoms with Crippen LogP contribution in [0.1, 0.15) is 52.7 Å². The third kappa shape index (κ3) is 4.52. The van der Waals surface area contributed by atoms with E-state index >= 15 is 0 Å². The molecule has 0 spiro atoms. The maximum absolute atomic E-state index is 11.9. The highest BCUT2D eigenvalue weighted by atomic mass is 32.1. The molecule has 1 N–H and O–H groups in total. The van der Waals surface area contributed by atoms with Crippen molar-refractivity contribution < 1.29 is 0 Å². The summed E-state index contributed by atoms with van der Waals surface area (Å²) in [7, 11) is 0. The predicted octanol–water partition coefficient (Wildman–Crippen LogP) is 3.34. The number of fused-ring (bicyclic) bond motifs is 1. The molecular weight excluding hydrogens is 284 g/mol. The minimum absolute atomic E-state index is 0.103. The van der Waals surface area contributed by atoms with E-state index in [1.807, 2.05) is 6.92 Å². The molecular formula is C15H24N4OS. The first-order chi connectivity index (χ1) is 9.89. The van der Waals surface area contributed by atoms with E-state index in [-0.39, 0.29) is 5.56 Å². The minimum atomic E-state index is -0.103. The lowest BCUT2D eigenvalue weighted by atomic mass is 9.90. The second kappa shape index (κ2) is 6.56. The number of aryl methyl sites for hydroxylation is 1. The molecule has 0 amide bonds. The Bertz CT molecular complexity index is 654. The van der Waals surface area contributed by atoms with E-state index < -0.39 is 0 Å². The lowest BCUT2D eigenvalue weighted by molar-refractivity contribution is 0.362. The predicted molar refractivity (Wildman–Crippen MR) is 88.3 cm³/mol. The van der Waals surface area contributed by atoms with Crippen molar-refractivity contribution in [3.05, 3.63) is 22.1 Å². The number of rotatable bonds is 6. The van der Waals surface area contributed by atoms with Crippen LogP contribution in [0.5, 0.6) is 0 Å². The van der Waals surface area contributed by atoms with Gasteiger partial charge in [-0.2, -0.15) is 4.52 Å². The maximum atomic E-state index is 11.9. The molecule has 2 aromatic rings. The third-order valence-electron chi connectivity index (χ3n) is 3.29. The summed E-state index contributed by atoms with van der Waals surface area (Å²) in [5.74, 6) is 0. The van der Waals surface area contributed by atoms with Crippen molar-refractivity contribution in [3.63, 3.8) is 0 Å². The van der Waals surface area contributed by atoms with Crippen LogP contribution in [-0.2, 0) is 6.42 Å². The summed E-state index contributed by atoms with van der Waals surface area (Å²) >= 11 is 1.43. The highest BCUT2D eigenvalue weighted by Gasteiger charge is 2.10. The first-order valence-electron chi connectivity index (χ1n) is 7.53. The zero-order chi connectivity index (χ0) is 15.5. The first kappa shape index (κ1) is 15.9. The summed E-state index contributed by atoms with van der Waals surface area (Å²) in [6.45, 7) is 9.66. The average Bonchev–Trinajstić information content (AvgIpc) is 2.80. The van der Waals surface area contributed by atoms with Gasteiger partial charge in [-0.1, -0.05) is 45.5 Å². The van der Waals surface area contributed by atoms with Crippen LogP contribution < -0.4 is 10.9 Å². The molecule has 0 aliphatic heterocycles. The van der Waals surface area contributed by atoms with Crippen molar-refractivity contribution >= 4 is 21.4 Å². The summed E-state index contributed by atoms with van der Waals surface area (Å²) < 4.78 is 1.38. The second-order valence-electron chi connectivity index (χ2n) is 6.49. The molecule has 2 rings (SSSR count). The fraction of sp³-hybridized carbons (Fsp3) is 0.667. The molecule has 0 aliphatic carbocycles. The molecule has 0 fully saturated rings. The van der Waals surface area contributed by atoms with Gasteiger partial charge >= 0.3 is 0 Å². The van der Waals surface area contributed by atoms with E-state index in [0.717, 1.165) is 30.2 Å². The molecule has 0 bridgehead atoms. The molecule has 2 aromatic heterocycles. The highest BCUT2D eigenvalue weighted by molar-refractivity contribution is 7.20. The Morgan fingerprint density at radius 1 is 1.33 bits per heavy atom. The van der Waals surface area contributed by atoms with Gasteiger partial charge in [0.2, 0.25) is 10.1 Å². The Hall–Kier alpha value is -1.43. The SMILES string of the molecule is CCc1cc(=O)n2nc(NCCCCC(C)(C)C)sc2n1. The van der Waals surface area contributed by atoms with Crippen LogP contribution in [0.15, 0.2) is 10.9 Å². The molecule has 0 aromatic carbocycles. The Balaban J connectivity index is 1.94. The molecule has 21 heavy (non-hydrogen) atoms. The zero-order valence-electron chi connectivity index (χ0n) is 13.3. The van der Waals surface area contributed by atoms with Crippen LogP contribution in [0.25, 0.3) is 4.96 Å². The van der Waals surface area contributed by atoms with Crippen molar-refractivity contribution in [1.29, 1.82) is 0 Å². The quantitative estimate of drug-likeness (QED) is 0.832. The Morgan fingerprint density at radius 3 is 2.76 bits per heavy atom. The molecule has 6 heteroatoms. The van der Waals surface area contributed by atoms with E-state index in [1.54, 1.807) is 6.07 Å². The van der Waals surface area contributed by atoms with E-state index in [1.165, 1.54) is 28.7 Å². The van der Waals surface area contributed by atoms with Crippen LogP contribution in [0, 0.1) is 5.41 Å². The van der Waals surface area contributed by atoms with Crippen LogP contribution >= 0.6 is 11.3 Å². The zero-order valence-corrected chi connectivity index (χ0v) is 14.1. The molecule has 0 unspecified atom stereocenters. The van der Waals surface area contributed by atoms with Crippen molar-refractivity contribution in [1.82, 2.24) is 14.6 Å². The molecule has 116 valence electrons. The van der Waals surface area contributed by atoms with Crippen LogP contribution in [0.4, 0.5) is 5.13 Å². The van der Waals surface area contributed by atoms with Gasteiger partial charge in [-0.15, -0.1) is 5.10 Å². The number of nitrogens with one attached hydrogen (secondary N) is 1. The standard InChI is InChI=1S/C15H24N4OS/c1-5-11-10-12(20)19-14(17-11)21-13(18-19)16-9-7-6-8-15(2,3)4/h10H,5-9H2,1-4H3,(H,16,18). The van der Waals surface area contributed by atoms with Gasteiger partial charge in [0.15, 0.2) is 0 Å². The largest absolute Gasteiger partial charge is 0.360 e. The Kier molecular flexibility index (Phi) is 4.98. The van der Waals surface area contributed by atoms with Gasteiger partial charge in [0.25, 0.3) is 5.56 Å². The summed E-state index contributed by atoms with van der Waals surface area (Å²) in [6.07, 6.45) is 4.28. The van der Waals surface area contributed by atoms with E-state index in [0.29, 0.717) is 10.4 Å². The van der Waals surface area contributed by atoms with Crippen molar-refractivity contribution in [3.8, 4) is 0 Å². The van der Waals surface area contributed by atoms with Gasteiger partial charge in [-0.25, -0.2) is 4.98 Å².